The van der Waals surface area contributed by atoms with Gasteiger partial charge < -0.3 is 5.32 Å². The van der Waals surface area contributed by atoms with Crippen LogP contribution in [0.2, 0.25) is 0 Å². The average molecular weight is 273 g/mol. The van der Waals surface area contributed by atoms with Crippen molar-refractivity contribution in [3.63, 3.8) is 0 Å². The van der Waals surface area contributed by atoms with Crippen LogP contribution in [0.3, 0.4) is 0 Å². The Kier molecular flexibility index (Phi) is 3.70. The Morgan fingerprint density at radius 3 is 2.60 bits per heavy atom. The minimum atomic E-state index is -0.785. The Morgan fingerprint density at radius 2 is 2.10 bits per heavy atom. The van der Waals surface area contributed by atoms with Gasteiger partial charge in [-0.2, -0.15) is 5.26 Å². The van der Waals surface area contributed by atoms with E-state index in [-0.39, 0.29) is 11.6 Å². The highest BCUT2D eigenvalue weighted by atomic mass is 16.6. The Labute approximate surface area is 116 Å². The van der Waals surface area contributed by atoms with Crippen molar-refractivity contribution in [3.8, 4) is 6.07 Å². The molecule has 1 amide bonds. The predicted octanol–water partition coefficient (Wildman–Crippen LogP) is 2.47. The summed E-state index contributed by atoms with van der Waals surface area (Å²) >= 11 is 0. The van der Waals surface area contributed by atoms with Crippen molar-refractivity contribution in [1.29, 1.82) is 5.26 Å². The lowest BCUT2D eigenvalue weighted by Crippen LogP contribution is -2.45. The molecule has 6 heteroatoms. The molecule has 0 unspecified atom stereocenters. The van der Waals surface area contributed by atoms with Crippen LogP contribution in [-0.2, 0) is 0 Å². The second-order valence-electron chi connectivity index (χ2n) is 5.11. The second kappa shape index (κ2) is 5.29. The zero-order valence-electron chi connectivity index (χ0n) is 11.2. The summed E-state index contributed by atoms with van der Waals surface area (Å²) < 4.78 is 0. The van der Waals surface area contributed by atoms with Gasteiger partial charge in [-0.3, -0.25) is 14.9 Å². The van der Waals surface area contributed by atoms with Gasteiger partial charge in [0.1, 0.15) is 5.54 Å². The summed E-state index contributed by atoms with van der Waals surface area (Å²) in [6.45, 7) is 1.59. The summed E-state index contributed by atoms with van der Waals surface area (Å²) in [6, 6.07) is 6.40. The van der Waals surface area contributed by atoms with Crippen LogP contribution in [0, 0.1) is 28.4 Å². The number of nitro groups is 1. The number of nitriles is 1. The molecular weight excluding hydrogens is 258 g/mol. The van der Waals surface area contributed by atoms with Crippen molar-refractivity contribution in [2.45, 2.75) is 38.1 Å². The lowest BCUT2D eigenvalue weighted by molar-refractivity contribution is -0.385. The van der Waals surface area contributed by atoms with Gasteiger partial charge in [0, 0.05) is 17.2 Å². The van der Waals surface area contributed by atoms with Crippen LogP contribution >= 0.6 is 0 Å². The fraction of sp³-hybridized carbons (Fsp3) is 0.429. The third-order valence-corrected chi connectivity index (χ3v) is 3.68. The Hall–Kier alpha value is -2.42. The number of benzene rings is 1. The van der Waals surface area contributed by atoms with Crippen molar-refractivity contribution in [2.75, 3.05) is 0 Å². The van der Waals surface area contributed by atoms with Crippen LogP contribution in [-0.4, -0.2) is 16.4 Å². The maximum absolute atomic E-state index is 12.2. The second-order valence-corrected chi connectivity index (χ2v) is 5.11. The highest BCUT2D eigenvalue weighted by molar-refractivity contribution is 5.95. The summed E-state index contributed by atoms with van der Waals surface area (Å²) in [7, 11) is 0. The molecule has 20 heavy (non-hydrogen) atoms. The zero-order chi connectivity index (χ0) is 14.8. The molecule has 0 bridgehead atoms. The van der Waals surface area contributed by atoms with E-state index in [1.807, 2.05) is 0 Å². The normalized spacial score (nSPS) is 16.4. The molecule has 0 saturated heterocycles. The molecule has 6 nitrogen and oxygen atoms in total. The minimum absolute atomic E-state index is 0.0163. The highest BCUT2D eigenvalue weighted by Crippen LogP contribution is 2.29. The number of amides is 1. The van der Waals surface area contributed by atoms with Gasteiger partial charge >= 0.3 is 0 Å². The summed E-state index contributed by atoms with van der Waals surface area (Å²) in [4.78, 5) is 22.4. The topological polar surface area (TPSA) is 96.0 Å². The SMILES string of the molecule is Cc1cc(C(=O)NC2(C#N)CCCC2)ccc1[N+](=O)[O-]. The van der Waals surface area contributed by atoms with Crippen LogP contribution in [0.5, 0.6) is 0 Å². The fourth-order valence-corrected chi connectivity index (χ4v) is 2.53. The van der Waals surface area contributed by atoms with E-state index < -0.39 is 10.5 Å². The van der Waals surface area contributed by atoms with Gasteiger partial charge in [-0.15, -0.1) is 0 Å². The standard InChI is InChI=1S/C14H15N3O3/c1-10-8-11(4-5-12(10)17(19)20)13(18)16-14(9-15)6-2-3-7-14/h4-5,8H,2-3,6-7H2,1H3,(H,16,18). The van der Waals surface area contributed by atoms with E-state index in [0.717, 1.165) is 12.8 Å². The molecular formula is C14H15N3O3. The van der Waals surface area contributed by atoms with Gasteiger partial charge in [-0.05, 0) is 44.7 Å². The van der Waals surface area contributed by atoms with Crippen molar-refractivity contribution in [2.24, 2.45) is 0 Å². The van der Waals surface area contributed by atoms with E-state index in [1.165, 1.54) is 18.2 Å². The molecule has 1 N–H and O–H groups in total. The van der Waals surface area contributed by atoms with E-state index in [9.17, 15) is 20.2 Å². The zero-order valence-corrected chi connectivity index (χ0v) is 11.2. The van der Waals surface area contributed by atoms with Crippen molar-refractivity contribution >= 4 is 11.6 Å². The summed E-state index contributed by atoms with van der Waals surface area (Å²) in [5.74, 6) is -0.355. The minimum Gasteiger partial charge on any atom is -0.334 e. The quantitative estimate of drug-likeness (QED) is 0.675. The molecule has 104 valence electrons. The molecule has 0 spiro atoms. The summed E-state index contributed by atoms with van der Waals surface area (Å²) in [5.41, 5.74) is -0.0284. The lowest BCUT2D eigenvalue weighted by atomic mass is 9.99. The first-order valence-corrected chi connectivity index (χ1v) is 6.46. The summed E-state index contributed by atoms with van der Waals surface area (Å²) in [6.07, 6.45) is 3.16. The van der Waals surface area contributed by atoms with Gasteiger partial charge in [-0.25, -0.2) is 0 Å². The monoisotopic (exact) mass is 273 g/mol. The number of hydrogen-bond acceptors (Lipinski definition) is 4. The van der Waals surface area contributed by atoms with Crippen molar-refractivity contribution in [1.82, 2.24) is 5.32 Å². The third kappa shape index (κ3) is 2.62. The number of nitrogens with one attached hydrogen (secondary N) is 1. The maximum Gasteiger partial charge on any atom is 0.272 e. The van der Waals surface area contributed by atoms with Crippen LogP contribution in [0.15, 0.2) is 18.2 Å². The van der Waals surface area contributed by atoms with Crippen molar-refractivity contribution < 1.29 is 9.72 Å². The van der Waals surface area contributed by atoms with Crippen LogP contribution in [0.25, 0.3) is 0 Å². The molecule has 0 radical (unpaired) electrons. The first kappa shape index (κ1) is 14.0. The van der Waals surface area contributed by atoms with Crippen LogP contribution < -0.4 is 5.32 Å². The molecule has 1 fully saturated rings. The third-order valence-electron chi connectivity index (χ3n) is 3.68. The number of carbonyl (C=O) groups is 1. The van der Waals surface area contributed by atoms with E-state index in [0.29, 0.717) is 24.0 Å². The van der Waals surface area contributed by atoms with Crippen LogP contribution in [0.1, 0.15) is 41.6 Å². The number of nitro benzene ring substituents is 1. The molecule has 0 heterocycles. The first-order valence-electron chi connectivity index (χ1n) is 6.46. The molecule has 1 aliphatic rings. The van der Waals surface area contributed by atoms with E-state index in [4.69, 9.17) is 0 Å². The molecule has 0 aromatic heterocycles. The van der Waals surface area contributed by atoms with Gasteiger partial charge in [-0.1, -0.05) is 0 Å². The molecule has 2 rings (SSSR count). The number of carbonyl (C=O) groups excluding carboxylic acids is 1. The highest BCUT2D eigenvalue weighted by Gasteiger charge is 2.35. The average Bonchev–Trinajstić information content (AvgIpc) is 2.87. The van der Waals surface area contributed by atoms with E-state index in [1.54, 1.807) is 6.92 Å². The Morgan fingerprint density at radius 1 is 1.45 bits per heavy atom. The Balaban J connectivity index is 2.20. The van der Waals surface area contributed by atoms with Crippen LogP contribution in [0.4, 0.5) is 5.69 Å². The number of hydrogen-bond donors (Lipinski definition) is 1. The summed E-state index contributed by atoms with van der Waals surface area (Å²) in [5, 5.41) is 22.7. The molecule has 1 saturated carbocycles. The molecule has 0 atom stereocenters. The lowest BCUT2D eigenvalue weighted by Gasteiger charge is -2.22. The first-order chi connectivity index (χ1) is 9.47. The molecule has 0 aliphatic heterocycles. The molecule has 1 aromatic carbocycles. The van der Waals surface area contributed by atoms with E-state index in [2.05, 4.69) is 11.4 Å². The van der Waals surface area contributed by atoms with Crippen molar-refractivity contribution in [3.05, 3.63) is 39.4 Å². The molecule has 1 aromatic rings. The number of aryl methyl sites for hydroxylation is 1. The van der Waals surface area contributed by atoms with Gasteiger partial charge in [0.2, 0.25) is 0 Å². The molecule has 1 aliphatic carbocycles. The smallest absolute Gasteiger partial charge is 0.272 e. The van der Waals surface area contributed by atoms with Gasteiger partial charge in [0.15, 0.2) is 0 Å². The maximum atomic E-state index is 12.2. The van der Waals surface area contributed by atoms with E-state index >= 15 is 0 Å². The Bertz CT molecular complexity index is 598. The largest absolute Gasteiger partial charge is 0.334 e. The number of nitrogens with zero attached hydrogens (tertiary/aromatic N) is 2. The fourth-order valence-electron chi connectivity index (χ4n) is 2.53. The number of rotatable bonds is 3. The van der Waals surface area contributed by atoms with Gasteiger partial charge in [0.05, 0.1) is 11.0 Å². The van der Waals surface area contributed by atoms with Gasteiger partial charge in [0.25, 0.3) is 11.6 Å². The predicted molar refractivity (Wildman–Crippen MR) is 72.1 cm³/mol.